The minimum Gasteiger partial charge on any atom is -0.397 e. The number of para-hydroxylation sites is 1. The second-order valence-electron chi connectivity index (χ2n) is 17.1. The molecule has 0 spiro atoms. The molecule has 10 nitrogen and oxygen atoms in total. The van der Waals surface area contributed by atoms with E-state index in [1.807, 2.05) is 213 Å². The highest BCUT2D eigenvalue weighted by Crippen LogP contribution is 2.30. The number of anilines is 1. The van der Waals surface area contributed by atoms with Gasteiger partial charge in [-0.2, -0.15) is 0 Å². The number of aromatic nitrogens is 5. The molecule has 0 aliphatic heterocycles. The zero-order chi connectivity index (χ0) is 59.1. The number of pyridine rings is 5. The van der Waals surface area contributed by atoms with Gasteiger partial charge in [0.15, 0.2) is 0 Å². The summed E-state index contributed by atoms with van der Waals surface area (Å²) in [5.74, 6) is 0. The number of nitrogens with two attached hydrogens (primary N) is 1. The molecule has 5 aromatic carbocycles. The van der Waals surface area contributed by atoms with Crippen molar-refractivity contribution in [1.82, 2.24) is 24.9 Å². The second kappa shape index (κ2) is 36.8. The van der Waals surface area contributed by atoms with Gasteiger partial charge in [-0.3, -0.25) is 24.9 Å². The molecule has 4 atom stereocenters. The first-order valence-electron chi connectivity index (χ1n) is 27.7. The molecule has 0 amide bonds. The molecule has 0 fully saturated rings. The van der Waals surface area contributed by atoms with Gasteiger partial charge in [0.05, 0.1) is 47.3 Å². The lowest BCUT2D eigenvalue weighted by atomic mass is 9.98. The Morgan fingerprint density at radius 1 is 0.333 bits per heavy atom. The number of benzene rings is 5. The Bertz CT molecular complexity index is 2900. The van der Waals surface area contributed by atoms with Crippen LogP contribution >= 0.6 is 0 Å². The molecule has 0 radical (unpaired) electrons. The number of nitrogen functional groups attached to an aromatic ring is 1. The third-order valence-corrected chi connectivity index (χ3v) is 11.9. The third kappa shape index (κ3) is 19.1. The lowest BCUT2D eigenvalue weighted by molar-refractivity contribution is 0.199. The van der Waals surface area contributed by atoms with Crippen LogP contribution in [-0.4, -0.2) is 45.3 Å². The van der Waals surface area contributed by atoms with Crippen molar-refractivity contribution in [1.29, 1.82) is 0 Å². The van der Waals surface area contributed by atoms with E-state index in [2.05, 4.69) is 44.0 Å². The normalized spacial score (nSPS) is 11.4. The maximum Gasteiger partial charge on any atom is 0.0771 e. The van der Waals surface area contributed by atoms with Gasteiger partial charge in [-0.1, -0.05) is 142 Å². The van der Waals surface area contributed by atoms with Crippen LogP contribution in [0.15, 0.2) is 153 Å². The number of nitrogens with zero attached hydrogens (tertiary/aromatic N) is 5. The molecule has 6 N–H and O–H groups in total. The lowest BCUT2D eigenvalue weighted by Crippen LogP contribution is -1.97. The topological polar surface area (TPSA) is 171 Å². The summed E-state index contributed by atoms with van der Waals surface area (Å²) in [4.78, 5) is 20.7. The summed E-state index contributed by atoms with van der Waals surface area (Å²) < 4.78 is 0. The van der Waals surface area contributed by atoms with Crippen molar-refractivity contribution in [3.8, 4) is 0 Å². The van der Waals surface area contributed by atoms with E-state index in [0.717, 1.165) is 104 Å². The van der Waals surface area contributed by atoms with E-state index in [-0.39, 0.29) is 0 Å². The summed E-state index contributed by atoms with van der Waals surface area (Å²) in [6, 6.07) is 33.9. The quantitative estimate of drug-likeness (QED) is 0.114. The van der Waals surface area contributed by atoms with Crippen molar-refractivity contribution in [2.45, 2.75) is 156 Å². The fraction of sp³-hybridized carbons (Fsp3) is 0.338. The van der Waals surface area contributed by atoms with Crippen molar-refractivity contribution in [2.24, 2.45) is 0 Å². The monoisotopic (exact) mass is 1060 g/mol. The molecule has 10 heteroatoms. The number of hydrogen-bond donors (Lipinski definition) is 5. The molecule has 10 aromatic rings. The molecule has 0 aliphatic rings. The first-order chi connectivity index (χ1) is 37.6. The largest absolute Gasteiger partial charge is 0.397 e. The minimum absolute atomic E-state index is 0.430. The first-order valence-corrected chi connectivity index (χ1v) is 27.7. The highest BCUT2D eigenvalue weighted by Gasteiger charge is 2.13. The first kappa shape index (κ1) is 68.8. The fourth-order valence-electron chi connectivity index (χ4n) is 8.81. The highest BCUT2D eigenvalue weighted by atomic mass is 16.3. The average Bonchev–Trinajstić information content (AvgIpc) is 3.46. The van der Waals surface area contributed by atoms with Crippen LogP contribution in [0, 0.1) is 34.6 Å². The number of fused-ring (bicyclic) bond motifs is 5. The van der Waals surface area contributed by atoms with Gasteiger partial charge in [-0.05, 0) is 153 Å². The fourth-order valence-corrected chi connectivity index (χ4v) is 8.81. The maximum atomic E-state index is 9.68. The van der Waals surface area contributed by atoms with Crippen LogP contribution in [0.2, 0.25) is 0 Å². The lowest BCUT2D eigenvalue weighted by Gasteiger charge is -2.12. The number of hydrogen-bond acceptors (Lipinski definition) is 10. The summed E-state index contributed by atoms with van der Waals surface area (Å²) in [6.07, 6.45) is 12.5. The average molecular weight is 1060 g/mol. The van der Waals surface area contributed by atoms with Crippen LogP contribution < -0.4 is 5.73 Å². The van der Waals surface area contributed by atoms with Crippen molar-refractivity contribution in [3.05, 3.63) is 203 Å². The molecular weight excluding hydrogens is 965 g/mol. The molecule has 0 aliphatic carbocycles. The Kier molecular flexibility index (Phi) is 32.4. The molecule has 0 bridgehead atoms. The van der Waals surface area contributed by atoms with Crippen LogP contribution in [0.1, 0.15) is 171 Å². The van der Waals surface area contributed by atoms with Gasteiger partial charge in [0, 0.05) is 75.7 Å². The zero-order valence-corrected chi connectivity index (χ0v) is 50.3. The molecule has 5 heterocycles. The summed E-state index contributed by atoms with van der Waals surface area (Å²) in [6.45, 7) is 37.2. The molecule has 78 heavy (non-hydrogen) atoms. The summed E-state index contributed by atoms with van der Waals surface area (Å²) >= 11 is 0. The van der Waals surface area contributed by atoms with Crippen LogP contribution in [0.25, 0.3) is 54.1 Å². The van der Waals surface area contributed by atoms with E-state index in [4.69, 9.17) is 5.73 Å². The Hall–Kier alpha value is -7.21. The standard InChI is InChI=1S/4C12H13NO.C10H10N2.5C2H6/c1-8-3-4-10-7-13-6-5-11(10)12(8)9(2)14;1-8-3-4-10-5-6-13-7-11(10)12(8)9(2)14;1-8-5-6-11-10(4-3-7-13-11)12(8)9(2)14;1-8-7-13-11-6-4-3-5-10(11)12(8)9(2)14;1-7-3-2-4-8-5-12-6-9(11)10(7)8;5*1-2/h4*3-7,9,14H,1-2H3;2-6H,11H2,1H3;5*1-2H3. The van der Waals surface area contributed by atoms with Gasteiger partial charge in [-0.25, -0.2) is 0 Å². The van der Waals surface area contributed by atoms with Gasteiger partial charge in [-0.15, -0.1) is 0 Å². The smallest absolute Gasteiger partial charge is 0.0771 e. The SMILES string of the molecule is CC.CC.CC.CC.CC.Cc1ccc2ccncc2c1C(C)O.Cc1ccc2cnccc2c1C(C)O.Cc1ccc2ncccc2c1C(C)O.Cc1cccc2cncc(N)c12.Cc1cnc2ccccc2c1C(C)O. The molecule has 4 unspecified atom stereocenters. The van der Waals surface area contributed by atoms with E-state index in [1.54, 1.807) is 52.5 Å². The van der Waals surface area contributed by atoms with Gasteiger partial charge in [0.1, 0.15) is 0 Å². The Labute approximate surface area is 467 Å². The number of aliphatic hydroxyl groups excluding tert-OH is 4. The maximum absolute atomic E-state index is 9.68. The second-order valence-corrected chi connectivity index (χ2v) is 17.1. The summed E-state index contributed by atoms with van der Waals surface area (Å²) in [5, 5.41) is 47.4. The Balaban J connectivity index is 0.000000468. The van der Waals surface area contributed by atoms with Gasteiger partial charge >= 0.3 is 0 Å². The summed E-state index contributed by atoms with van der Waals surface area (Å²) in [7, 11) is 0. The van der Waals surface area contributed by atoms with Crippen LogP contribution in [-0.2, 0) is 0 Å². The van der Waals surface area contributed by atoms with Crippen LogP contribution in [0.4, 0.5) is 5.69 Å². The number of aryl methyl sites for hydroxylation is 5. The Morgan fingerprint density at radius 3 is 1.37 bits per heavy atom. The molecule has 5 aromatic heterocycles. The van der Waals surface area contributed by atoms with Gasteiger partial charge < -0.3 is 26.2 Å². The Morgan fingerprint density at radius 2 is 0.795 bits per heavy atom. The molecular formula is C68H92N6O4. The summed E-state index contributed by atoms with van der Waals surface area (Å²) in [5.41, 5.74) is 18.0. The molecule has 10 rings (SSSR count). The molecule has 0 saturated heterocycles. The van der Waals surface area contributed by atoms with Crippen molar-refractivity contribution >= 4 is 59.8 Å². The third-order valence-electron chi connectivity index (χ3n) is 11.9. The van der Waals surface area contributed by atoms with E-state index in [0.29, 0.717) is 0 Å². The van der Waals surface area contributed by atoms with E-state index < -0.39 is 24.4 Å². The molecule has 0 saturated carbocycles. The number of aliphatic hydroxyl groups is 4. The van der Waals surface area contributed by atoms with E-state index in [9.17, 15) is 20.4 Å². The minimum atomic E-state index is -0.442. The van der Waals surface area contributed by atoms with E-state index in [1.165, 1.54) is 5.56 Å². The molecule has 418 valence electrons. The van der Waals surface area contributed by atoms with Crippen molar-refractivity contribution in [2.75, 3.05) is 5.73 Å². The van der Waals surface area contributed by atoms with Crippen LogP contribution in [0.5, 0.6) is 0 Å². The van der Waals surface area contributed by atoms with Gasteiger partial charge in [0.25, 0.3) is 0 Å². The highest BCUT2D eigenvalue weighted by molar-refractivity contribution is 5.94. The predicted molar refractivity (Wildman–Crippen MR) is 336 cm³/mol. The zero-order valence-electron chi connectivity index (χ0n) is 50.3. The predicted octanol–water partition coefficient (Wildman–Crippen LogP) is 17.6. The van der Waals surface area contributed by atoms with Crippen molar-refractivity contribution < 1.29 is 20.4 Å². The van der Waals surface area contributed by atoms with Crippen molar-refractivity contribution in [3.63, 3.8) is 0 Å². The van der Waals surface area contributed by atoms with Gasteiger partial charge in [0.2, 0.25) is 0 Å². The number of rotatable bonds is 4. The van der Waals surface area contributed by atoms with Crippen LogP contribution in [0.3, 0.4) is 0 Å². The van der Waals surface area contributed by atoms with E-state index >= 15 is 0 Å².